The van der Waals surface area contributed by atoms with E-state index >= 15 is 0 Å². The third-order valence-corrected chi connectivity index (χ3v) is 3.77. The van der Waals surface area contributed by atoms with E-state index in [9.17, 15) is 0 Å². The van der Waals surface area contributed by atoms with Crippen molar-refractivity contribution in [3.63, 3.8) is 0 Å². The number of likely N-dealkylation sites (tertiary alicyclic amines) is 1. The second-order valence-corrected chi connectivity index (χ2v) is 6.31. The summed E-state index contributed by atoms with van der Waals surface area (Å²) in [6, 6.07) is 0.544. The standard InChI is InChI=1S/C15H32N2O2/c1-13(2)10-17-11-14(5-3-7-18)9-15(12-17)16-6-4-8-19/h13-16,18-19H,3-12H2,1-2H3. The number of nitrogens with one attached hydrogen (secondary N) is 1. The lowest BCUT2D eigenvalue weighted by atomic mass is 9.90. The van der Waals surface area contributed by atoms with Crippen LogP contribution in [-0.4, -0.2) is 60.5 Å². The molecule has 0 amide bonds. The zero-order chi connectivity index (χ0) is 14.1. The topological polar surface area (TPSA) is 55.7 Å². The van der Waals surface area contributed by atoms with Crippen molar-refractivity contribution in [1.29, 1.82) is 0 Å². The molecule has 1 aliphatic heterocycles. The minimum atomic E-state index is 0.267. The second kappa shape index (κ2) is 9.70. The Morgan fingerprint density at radius 3 is 2.53 bits per heavy atom. The maximum atomic E-state index is 8.99. The number of aliphatic hydroxyl groups is 2. The third kappa shape index (κ3) is 7.25. The number of rotatable bonds is 9. The van der Waals surface area contributed by atoms with E-state index in [0.29, 0.717) is 24.5 Å². The summed E-state index contributed by atoms with van der Waals surface area (Å²) in [5, 5.41) is 21.4. The molecule has 1 aliphatic rings. The van der Waals surface area contributed by atoms with Gasteiger partial charge < -0.3 is 20.4 Å². The minimum absolute atomic E-state index is 0.267. The number of aliphatic hydroxyl groups excluding tert-OH is 2. The van der Waals surface area contributed by atoms with Gasteiger partial charge in [-0.25, -0.2) is 0 Å². The monoisotopic (exact) mass is 272 g/mol. The second-order valence-electron chi connectivity index (χ2n) is 6.31. The highest BCUT2D eigenvalue weighted by atomic mass is 16.3. The maximum absolute atomic E-state index is 8.99. The molecule has 3 N–H and O–H groups in total. The van der Waals surface area contributed by atoms with Gasteiger partial charge in [-0.2, -0.15) is 0 Å². The van der Waals surface area contributed by atoms with Crippen molar-refractivity contribution in [2.75, 3.05) is 39.4 Å². The first-order chi connectivity index (χ1) is 9.15. The van der Waals surface area contributed by atoms with Crippen LogP contribution in [-0.2, 0) is 0 Å². The zero-order valence-corrected chi connectivity index (χ0v) is 12.6. The quantitative estimate of drug-likeness (QED) is 0.550. The van der Waals surface area contributed by atoms with Gasteiger partial charge >= 0.3 is 0 Å². The first-order valence-electron chi connectivity index (χ1n) is 7.83. The van der Waals surface area contributed by atoms with Crippen LogP contribution >= 0.6 is 0 Å². The maximum Gasteiger partial charge on any atom is 0.0443 e. The molecule has 1 rings (SSSR count). The fraction of sp³-hybridized carbons (Fsp3) is 1.00. The van der Waals surface area contributed by atoms with E-state index in [4.69, 9.17) is 10.2 Å². The van der Waals surface area contributed by atoms with Crippen LogP contribution in [0.25, 0.3) is 0 Å². The molecular weight excluding hydrogens is 240 g/mol. The Hall–Kier alpha value is -0.160. The number of hydrogen-bond acceptors (Lipinski definition) is 4. The summed E-state index contributed by atoms with van der Waals surface area (Å²) >= 11 is 0. The third-order valence-electron chi connectivity index (χ3n) is 3.77. The molecule has 0 saturated carbocycles. The molecule has 114 valence electrons. The van der Waals surface area contributed by atoms with E-state index in [0.717, 1.165) is 38.9 Å². The highest BCUT2D eigenvalue weighted by molar-refractivity contribution is 4.83. The van der Waals surface area contributed by atoms with Crippen molar-refractivity contribution in [3.8, 4) is 0 Å². The Bertz CT molecular complexity index is 224. The molecule has 0 aliphatic carbocycles. The van der Waals surface area contributed by atoms with Gasteiger partial charge in [0.15, 0.2) is 0 Å². The molecule has 19 heavy (non-hydrogen) atoms. The molecule has 1 heterocycles. The summed E-state index contributed by atoms with van der Waals surface area (Å²) in [5.74, 6) is 1.40. The van der Waals surface area contributed by atoms with E-state index in [-0.39, 0.29) is 6.61 Å². The SMILES string of the molecule is CC(C)CN1CC(CCCO)CC(NCCCO)C1. The Balaban J connectivity index is 2.41. The normalized spacial score (nSPS) is 25.1. The Morgan fingerprint density at radius 1 is 1.16 bits per heavy atom. The molecule has 0 spiro atoms. The van der Waals surface area contributed by atoms with E-state index in [1.807, 2.05) is 0 Å². The molecule has 0 aromatic rings. The summed E-state index contributed by atoms with van der Waals surface area (Å²) in [6.07, 6.45) is 4.09. The lowest BCUT2D eigenvalue weighted by Crippen LogP contribution is -2.50. The van der Waals surface area contributed by atoms with Crippen molar-refractivity contribution in [1.82, 2.24) is 10.2 Å². The van der Waals surface area contributed by atoms with Gasteiger partial charge in [-0.15, -0.1) is 0 Å². The first kappa shape index (κ1) is 16.9. The number of piperidine rings is 1. The van der Waals surface area contributed by atoms with Gasteiger partial charge in [-0.1, -0.05) is 13.8 Å². The fourth-order valence-corrected chi connectivity index (χ4v) is 3.09. The summed E-state index contributed by atoms with van der Waals surface area (Å²) < 4.78 is 0. The van der Waals surface area contributed by atoms with E-state index in [1.165, 1.54) is 13.0 Å². The minimum Gasteiger partial charge on any atom is -0.396 e. The average Bonchev–Trinajstić information content (AvgIpc) is 2.36. The highest BCUT2D eigenvalue weighted by Crippen LogP contribution is 2.22. The summed E-state index contributed by atoms with van der Waals surface area (Å²) in [4.78, 5) is 2.56. The van der Waals surface area contributed by atoms with Crippen molar-refractivity contribution < 1.29 is 10.2 Å². The molecule has 1 fully saturated rings. The Labute approximate surface area is 118 Å². The van der Waals surface area contributed by atoms with Crippen molar-refractivity contribution >= 4 is 0 Å². The number of hydrogen-bond donors (Lipinski definition) is 3. The van der Waals surface area contributed by atoms with Gasteiger partial charge in [0.05, 0.1) is 0 Å². The van der Waals surface area contributed by atoms with E-state index in [2.05, 4.69) is 24.1 Å². The molecule has 0 aromatic heterocycles. The molecule has 0 bridgehead atoms. The van der Waals surface area contributed by atoms with Crippen LogP contribution in [0.3, 0.4) is 0 Å². The average molecular weight is 272 g/mol. The summed E-state index contributed by atoms with van der Waals surface area (Å²) in [5.41, 5.74) is 0. The molecular formula is C15H32N2O2. The molecule has 4 heteroatoms. The van der Waals surface area contributed by atoms with Crippen molar-refractivity contribution in [2.24, 2.45) is 11.8 Å². The largest absolute Gasteiger partial charge is 0.396 e. The molecule has 0 aromatic carbocycles. The van der Waals surface area contributed by atoms with Gasteiger partial charge in [-0.05, 0) is 44.1 Å². The van der Waals surface area contributed by atoms with Crippen molar-refractivity contribution in [2.45, 2.75) is 45.6 Å². The van der Waals surface area contributed by atoms with Gasteiger partial charge in [0.1, 0.15) is 0 Å². The van der Waals surface area contributed by atoms with Gasteiger partial charge in [0.25, 0.3) is 0 Å². The fourth-order valence-electron chi connectivity index (χ4n) is 3.09. The van der Waals surface area contributed by atoms with Crippen LogP contribution in [0.2, 0.25) is 0 Å². The molecule has 1 saturated heterocycles. The van der Waals surface area contributed by atoms with Crippen molar-refractivity contribution in [3.05, 3.63) is 0 Å². The van der Waals surface area contributed by atoms with E-state index in [1.54, 1.807) is 0 Å². The van der Waals surface area contributed by atoms with Crippen LogP contribution in [0, 0.1) is 11.8 Å². The van der Waals surface area contributed by atoms with Gasteiger partial charge in [-0.3, -0.25) is 0 Å². The van der Waals surface area contributed by atoms with Gasteiger partial charge in [0, 0.05) is 38.9 Å². The van der Waals surface area contributed by atoms with Crippen LogP contribution in [0.4, 0.5) is 0 Å². The zero-order valence-electron chi connectivity index (χ0n) is 12.6. The lowest BCUT2D eigenvalue weighted by molar-refractivity contribution is 0.117. The Kier molecular flexibility index (Phi) is 8.62. The summed E-state index contributed by atoms with van der Waals surface area (Å²) in [6.45, 7) is 9.48. The predicted octanol–water partition coefficient (Wildman–Crippen LogP) is 1.08. The number of nitrogens with zero attached hydrogens (tertiary/aromatic N) is 1. The predicted molar refractivity (Wildman–Crippen MR) is 79.2 cm³/mol. The van der Waals surface area contributed by atoms with Crippen LogP contribution in [0.15, 0.2) is 0 Å². The molecule has 2 unspecified atom stereocenters. The van der Waals surface area contributed by atoms with Gasteiger partial charge in [0.2, 0.25) is 0 Å². The van der Waals surface area contributed by atoms with Crippen LogP contribution < -0.4 is 5.32 Å². The molecule has 4 nitrogen and oxygen atoms in total. The highest BCUT2D eigenvalue weighted by Gasteiger charge is 2.26. The Morgan fingerprint density at radius 2 is 1.89 bits per heavy atom. The molecule has 2 atom stereocenters. The molecule has 0 radical (unpaired) electrons. The van der Waals surface area contributed by atoms with Crippen LogP contribution in [0.5, 0.6) is 0 Å². The smallest absolute Gasteiger partial charge is 0.0443 e. The van der Waals surface area contributed by atoms with Crippen LogP contribution in [0.1, 0.15) is 39.5 Å². The lowest BCUT2D eigenvalue weighted by Gasteiger charge is -2.39. The van der Waals surface area contributed by atoms with E-state index < -0.39 is 0 Å². The summed E-state index contributed by atoms with van der Waals surface area (Å²) in [7, 11) is 0. The first-order valence-corrected chi connectivity index (χ1v) is 7.83.